The Morgan fingerprint density at radius 2 is 2.20 bits per heavy atom. The molecule has 20 heavy (non-hydrogen) atoms. The van der Waals surface area contributed by atoms with Crippen molar-refractivity contribution in [3.63, 3.8) is 0 Å². The number of hydrogen-bond acceptors (Lipinski definition) is 5. The summed E-state index contributed by atoms with van der Waals surface area (Å²) in [6.45, 7) is 2.66. The Morgan fingerprint density at radius 3 is 2.75 bits per heavy atom. The quantitative estimate of drug-likeness (QED) is 0.781. The van der Waals surface area contributed by atoms with Gasteiger partial charge < -0.3 is 15.6 Å². The first-order valence-electron chi connectivity index (χ1n) is 6.06. The van der Waals surface area contributed by atoms with Crippen molar-refractivity contribution in [3.8, 4) is 0 Å². The minimum absolute atomic E-state index is 0.0449. The van der Waals surface area contributed by atoms with E-state index in [2.05, 4.69) is 0 Å². The first-order chi connectivity index (χ1) is 9.34. The average Bonchev–Trinajstić information content (AvgIpc) is 2.38. The highest BCUT2D eigenvalue weighted by Gasteiger charge is 2.32. The number of sulfonamides is 1. The van der Waals surface area contributed by atoms with Crippen LogP contribution in [0.5, 0.6) is 0 Å². The SMILES string of the molecule is C[C@@H]1COCCN1S(=O)(=O)c1ccc(C(=O)O)cc1N. The third kappa shape index (κ3) is 2.62. The van der Waals surface area contributed by atoms with Gasteiger partial charge in [0.25, 0.3) is 0 Å². The number of nitrogen functional groups attached to an aromatic ring is 1. The number of anilines is 1. The Labute approximate surface area is 117 Å². The van der Waals surface area contributed by atoms with E-state index in [1.807, 2.05) is 0 Å². The molecule has 1 atom stereocenters. The number of aromatic carboxylic acids is 1. The molecule has 0 saturated carbocycles. The zero-order chi connectivity index (χ0) is 14.9. The number of carboxylic acid groups (broad SMARTS) is 1. The van der Waals surface area contributed by atoms with Crippen molar-refractivity contribution in [2.75, 3.05) is 25.5 Å². The third-order valence-corrected chi connectivity index (χ3v) is 5.24. The maximum atomic E-state index is 12.5. The van der Waals surface area contributed by atoms with Gasteiger partial charge in [0.15, 0.2) is 0 Å². The van der Waals surface area contributed by atoms with Crippen LogP contribution in [0.4, 0.5) is 5.69 Å². The summed E-state index contributed by atoms with van der Waals surface area (Å²) in [5.74, 6) is -1.15. The highest BCUT2D eigenvalue weighted by atomic mass is 32.2. The summed E-state index contributed by atoms with van der Waals surface area (Å²) >= 11 is 0. The molecule has 1 aliphatic heterocycles. The number of morpholine rings is 1. The zero-order valence-corrected chi connectivity index (χ0v) is 11.8. The van der Waals surface area contributed by atoms with Crippen LogP contribution in [0.1, 0.15) is 17.3 Å². The number of benzene rings is 1. The molecule has 0 amide bonds. The van der Waals surface area contributed by atoms with E-state index in [1.54, 1.807) is 6.92 Å². The summed E-state index contributed by atoms with van der Waals surface area (Å²) in [7, 11) is -3.75. The Bertz CT molecular complexity index is 629. The highest BCUT2D eigenvalue weighted by molar-refractivity contribution is 7.89. The average molecular weight is 300 g/mol. The number of ether oxygens (including phenoxy) is 1. The molecule has 7 nitrogen and oxygen atoms in total. The van der Waals surface area contributed by atoms with E-state index in [4.69, 9.17) is 15.6 Å². The summed E-state index contributed by atoms with van der Waals surface area (Å²) in [6.07, 6.45) is 0. The van der Waals surface area contributed by atoms with Crippen molar-refractivity contribution in [1.82, 2.24) is 4.31 Å². The van der Waals surface area contributed by atoms with Crippen LogP contribution in [0, 0.1) is 0 Å². The summed E-state index contributed by atoms with van der Waals surface area (Å²) in [4.78, 5) is 10.8. The van der Waals surface area contributed by atoms with Crippen LogP contribution >= 0.6 is 0 Å². The largest absolute Gasteiger partial charge is 0.478 e. The molecule has 1 fully saturated rings. The van der Waals surface area contributed by atoms with Crippen LogP contribution in [0.25, 0.3) is 0 Å². The van der Waals surface area contributed by atoms with Crippen molar-refractivity contribution >= 4 is 21.7 Å². The van der Waals surface area contributed by atoms with Crippen LogP contribution in [-0.4, -0.2) is 49.6 Å². The molecule has 3 N–H and O–H groups in total. The molecule has 1 saturated heterocycles. The van der Waals surface area contributed by atoms with Gasteiger partial charge in [-0.05, 0) is 25.1 Å². The number of nitrogens with zero attached hydrogens (tertiary/aromatic N) is 1. The fourth-order valence-electron chi connectivity index (χ4n) is 2.11. The minimum Gasteiger partial charge on any atom is -0.478 e. The molecule has 0 unspecified atom stereocenters. The standard InChI is InChI=1S/C12H16N2O5S/c1-8-7-19-5-4-14(8)20(17,18)11-3-2-9(12(15)16)6-10(11)13/h2-3,6,8H,4-5,7,13H2,1H3,(H,15,16)/t8-/m1/s1. The monoisotopic (exact) mass is 300 g/mol. The lowest BCUT2D eigenvalue weighted by molar-refractivity contribution is 0.0393. The predicted molar refractivity (Wildman–Crippen MR) is 72.0 cm³/mol. The van der Waals surface area contributed by atoms with Crippen LogP contribution in [-0.2, 0) is 14.8 Å². The first kappa shape index (κ1) is 14.8. The summed E-state index contributed by atoms with van der Waals surface area (Å²) in [6, 6.07) is 3.33. The Balaban J connectivity index is 2.41. The lowest BCUT2D eigenvalue weighted by atomic mass is 10.2. The smallest absolute Gasteiger partial charge is 0.335 e. The maximum Gasteiger partial charge on any atom is 0.335 e. The van der Waals surface area contributed by atoms with E-state index in [1.165, 1.54) is 16.4 Å². The number of carboxylic acids is 1. The van der Waals surface area contributed by atoms with Crippen molar-refractivity contribution in [1.29, 1.82) is 0 Å². The van der Waals surface area contributed by atoms with Crippen LogP contribution in [0.3, 0.4) is 0 Å². The minimum atomic E-state index is -3.75. The predicted octanol–water partition coefficient (Wildman–Crippen LogP) is 0.376. The molecular formula is C12H16N2O5S. The van der Waals surface area contributed by atoms with Crippen molar-refractivity contribution in [2.24, 2.45) is 0 Å². The number of hydrogen-bond donors (Lipinski definition) is 2. The number of rotatable bonds is 3. The summed E-state index contributed by atoms with van der Waals surface area (Å²) in [5.41, 5.74) is 5.59. The fraction of sp³-hybridized carbons (Fsp3) is 0.417. The molecule has 0 radical (unpaired) electrons. The van der Waals surface area contributed by atoms with Gasteiger partial charge >= 0.3 is 5.97 Å². The Morgan fingerprint density at radius 1 is 1.50 bits per heavy atom. The second-order valence-electron chi connectivity index (χ2n) is 4.60. The molecule has 1 heterocycles. The summed E-state index contributed by atoms with van der Waals surface area (Å²) in [5, 5.41) is 8.86. The molecule has 0 aromatic heterocycles. The van der Waals surface area contributed by atoms with Gasteiger partial charge in [0.2, 0.25) is 10.0 Å². The lowest BCUT2D eigenvalue weighted by Crippen LogP contribution is -2.47. The van der Waals surface area contributed by atoms with Gasteiger partial charge in [0, 0.05) is 12.6 Å². The van der Waals surface area contributed by atoms with Crippen LogP contribution in [0.15, 0.2) is 23.1 Å². The lowest BCUT2D eigenvalue weighted by Gasteiger charge is -2.32. The number of nitrogens with two attached hydrogens (primary N) is 1. The molecule has 1 aromatic carbocycles. The molecule has 110 valence electrons. The van der Waals surface area contributed by atoms with Crippen LogP contribution < -0.4 is 5.73 Å². The second kappa shape index (κ2) is 5.39. The molecule has 2 rings (SSSR count). The van der Waals surface area contributed by atoms with E-state index in [0.717, 1.165) is 6.07 Å². The highest BCUT2D eigenvalue weighted by Crippen LogP contribution is 2.26. The maximum absolute atomic E-state index is 12.5. The topological polar surface area (TPSA) is 110 Å². The van der Waals surface area contributed by atoms with Gasteiger partial charge in [-0.3, -0.25) is 0 Å². The molecule has 1 aromatic rings. The molecule has 8 heteroatoms. The fourth-order valence-corrected chi connectivity index (χ4v) is 3.81. The van der Waals surface area contributed by atoms with E-state index in [9.17, 15) is 13.2 Å². The number of carbonyl (C=O) groups is 1. The summed E-state index contributed by atoms with van der Waals surface area (Å²) < 4.78 is 31.6. The first-order valence-corrected chi connectivity index (χ1v) is 7.50. The van der Waals surface area contributed by atoms with E-state index < -0.39 is 16.0 Å². The molecular weight excluding hydrogens is 284 g/mol. The molecule has 0 bridgehead atoms. The van der Waals surface area contributed by atoms with Gasteiger partial charge in [0.1, 0.15) is 4.90 Å². The van der Waals surface area contributed by atoms with Crippen molar-refractivity contribution < 1.29 is 23.1 Å². The zero-order valence-electron chi connectivity index (χ0n) is 10.9. The van der Waals surface area contributed by atoms with Gasteiger partial charge in [-0.1, -0.05) is 0 Å². The second-order valence-corrected chi connectivity index (χ2v) is 6.46. The van der Waals surface area contributed by atoms with E-state index in [0.29, 0.717) is 13.2 Å². The van der Waals surface area contributed by atoms with Gasteiger partial charge in [-0.25, -0.2) is 13.2 Å². The van der Waals surface area contributed by atoms with E-state index >= 15 is 0 Å². The molecule has 0 spiro atoms. The van der Waals surface area contributed by atoms with Crippen molar-refractivity contribution in [2.45, 2.75) is 17.9 Å². The third-order valence-electron chi connectivity index (χ3n) is 3.15. The van der Waals surface area contributed by atoms with Crippen molar-refractivity contribution in [3.05, 3.63) is 23.8 Å². The molecule has 1 aliphatic rings. The Hall–Kier alpha value is -1.64. The Kier molecular flexibility index (Phi) is 3.98. The van der Waals surface area contributed by atoms with Gasteiger partial charge in [0.05, 0.1) is 24.5 Å². The van der Waals surface area contributed by atoms with Gasteiger partial charge in [-0.2, -0.15) is 4.31 Å². The van der Waals surface area contributed by atoms with Crippen LogP contribution in [0.2, 0.25) is 0 Å². The van der Waals surface area contributed by atoms with E-state index in [-0.39, 0.29) is 28.7 Å². The normalized spacial score (nSPS) is 20.8. The van der Waals surface area contributed by atoms with Gasteiger partial charge in [-0.15, -0.1) is 0 Å². The molecule has 0 aliphatic carbocycles.